The lowest BCUT2D eigenvalue weighted by molar-refractivity contribution is 0.360. The summed E-state index contributed by atoms with van der Waals surface area (Å²) in [4.78, 5) is 2.18. The third kappa shape index (κ3) is 2.81. The van der Waals surface area contributed by atoms with Gasteiger partial charge in [0, 0.05) is 19.8 Å². The molecule has 0 heterocycles. The van der Waals surface area contributed by atoms with Crippen LogP contribution in [0.4, 0.5) is 0 Å². The molecule has 1 fully saturated rings. The van der Waals surface area contributed by atoms with E-state index in [2.05, 4.69) is 24.3 Å². The van der Waals surface area contributed by atoms with Gasteiger partial charge in [-0.05, 0) is 18.8 Å². The van der Waals surface area contributed by atoms with Crippen LogP contribution in [0.3, 0.4) is 0 Å². The molecule has 0 aromatic carbocycles. The van der Waals surface area contributed by atoms with E-state index in [1.54, 1.807) is 0 Å². The lowest BCUT2D eigenvalue weighted by Crippen LogP contribution is -2.18. The van der Waals surface area contributed by atoms with Gasteiger partial charge in [-0.1, -0.05) is 19.4 Å². The fraction of sp³-hybridized carbons (Fsp3) is 0.700. The van der Waals surface area contributed by atoms with Crippen molar-refractivity contribution in [3.05, 3.63) is 18.5 Å². The molecule has 0 bridgehead atoms. The summed E-state index contributed by atoms with van der Waals surface area (Å²) in [6.45, 7) is 4.74. The number of nitrogens with zero attached hydrogens (tertiary/aromatic N) is 1. The molecular formula is C10H17N. The first-order valence-corrected chi connectivity index (χ1v) is 4.39. The second-order valence-corrected chi connectivity index (χ2v) is 3.42. The molecule has 0 atom stereocenters. The second kappa shape index (κ2) is 4.25. The number of rotatable bonds is 3. The first-order chi connectivity index (χ1) is 5.33. The van der Waals surface area contributed by atoms with Gasteiger partial charge in [0.05, 0.1) is 0 Å². The van der Waals surface area contributed by atoms with Crippen molar-refractivity contribution in [1.29, 1.82) is 0 Å². The molecule has 1 aliphatic rings. The highest BCUT2D eigenvalue weighted by Gasteiger charge is 2.15. The Kier molecular flexibility index (Phi) is 3.25. The predicted octanol–water partition coefficient (Wildman–Crippen LogP) is 2.41. The SMILES string of the molecule is C=C=CN(C)CC1CCCC1. The quantitative estimate of drug-likeness (QED) is 0.560. The van der Waals surface area contributed by atoms with E-state index in [1.165, 1.54) is 32.2 Å². The summed E-state index contributed by atoms with van der Waals surface area (Å²) in [5.41, 5.74) is 2.79. The molecule has 0 spiro atoms. The van der Waals surface area contributed by atoms with Gasteiger partial charge in [0.2, 0.25) is 0 Å². The van der Waals surface area contributed by atoms with E-state index in [0.717, 1.165) is 5.92 Å². The van der Waals surface area contributed by atoms with Gasteiger partial charge >= 0.3 is 0 Å². The maximum absolute atomic E-state index is 3.55. The second-order valence-electron chi connectivity index (χ2n) is 3.42. The van der Waals surface area contributed by atoms with E-state index in [-0.39, 0.29) is 0 Å². The van der Waals surface area contributed by atoms with Crippen molar-refractivity contribution in [3.8, 4) is 0 Å². The standard InChI is InChI=1S/C10H17N/c1-3-8-11(2)9-10-6-4-5-7-10/h8,10H,1,4-7,9H2,2H3. The molecule has 1 saturated carbocycles. The summed E-state index contributed by atoms with van der Waals surface area (Å²) in [6.07, 6.45) is 7.61. The fourth-order valence-electron chi connectivity index (χ4n) is 1.81. The maximum Gasteiger partial charge on any atom is 0.0415 e. The zero-order chi connectivity index (χ0) is 8.10. The molecule has 1 rings (SSSR count). The minimum atomic E-state index is 0.921. The summed E-state index contributed by atoms with van der Waals surface area (Å²) >= 11 is 0. The lowest BCUT2D eigenvalue weighted by Gasteiger charge is -2.17. The molecule has 11 heavy (non-hydrogen) atoms. The van der Waals surface area contributed by atoms with Crippen LogP contribution < -0.4 is 0 Å². The van der Waals surface area contributed by atoms with Crippen LogP contribution in [0.2, 0.25) is 0 Å². The molecule has 0 saturated heterocycles. The highest BCUT2D eigenvalue weighted by molar-refractivity contribution is 4.78. The Labute approximate surface area is 69.4 Å². The lowest BCUT2D eigenvalue weighted by atomic mass is 10.1. The van der Waals surface area contributed by atoms with Gasteiger partial charge in [-0.25, -0.2) is 0 Å². The smallest absolute Gasteiger partial charge is 0.0415 e. The Balaban J connectivity index is 2.23. The van der Waals surface area contributed by atoms with E-state index in [1.807, 2.05) is 6.20 Å². The van der Waals surface area contributed by atoms with Gasteiger partial charge in [0.25, 0.3) is 0 Å². The van der Waals surface area contributed by atoms with Crippen LogP contribution >= 0.6 is 0 Å². The molecule has 0 aromatic rings. The summed E-state index contributed by atoms with van der Waals surface area (Å²) in [5, 5.41) is 0. The van der Waals surface area contributed by atoms with Gasteiger partial charge in [0.1, 0.15) is 0 Å². The largest absolute Gasteiger partial charge is 0.374 e. The van der Waals surface area contributed by atoms with Crippen LogP contribution in [-0.4, -0.2) is 18.5 Å². The van der Waals surface area contributed by atoms with E-state index >= 15 is 0 Å². The molecule has 0 aliphatic heterocycles. The van der Waals surface area contributed by atoms with Crippen molar-refractivity contribution in [3.63, 3.8) is 0 Å². The average Bonchev–Trinajstić information content (AvgIpc) is 2.40. The van der Waals surface area contributed by atoms with Gasteiger partial charge < -0.3 is 4.90 Å². The topological polar surface area (TPSA) is 3.24 Å². The van der Waals surface area contributed by atoms with Gasteiger partial charge in [-0.3, -0.25) is 0 Å². The van der Waals surface area contributed by atoms with E-state index in [0.29, 0.717) is 0 Å². The Hall–Kier alpha value is -0.680. The third-order valence-electron chi connectivity index (χ3n) is 2.33. The minimum absolute atomic E-state index is 0.921. The zero-order valence-corrected chi connectivity index (χ0v) is 7.34. The highest BCUT2D eigenvalue weighted by Crippen LogP contribution is 2.24. The van der Waals surface area contributed by atoms with E-state index in [4.69, 9.17) is 0 Å². The highest BCUT2D eigenvalue weighted by atomic mass is 15.1. The normalized spacial score (nSPS) is 17.9. The van der Waals surface area contributed by atoms with Crippen LogP contribution in [0, 0.1) is 5.92 Å². The van der Waals surface area contributed by atoms with Crippen LogP contribution in [0.5, 0.6) is 0 Å². The predicted molar refractivity (Wildman–Crippen MR) is 48.3 cm³/mol. The Bertz CT molecular complexity index is 150. The zero-order valence-electron chi connectivity index (χ0n) is 7.34. The van der Waals surface area contributed by atoms with E-state index < -0.39 is 0 Å². The molecule has 1 heteroatoms. The molecule has 62 valence electrons. The molecule has 0 amide bonds. The fourth-order valence-corrected chi connectivity index (χ4v) is 1.81. The molecule has 0 radical (unpaired) electrons. The summed E-state index contributed by atoms with van der Waals surface area (Å²) in [6, 6.07) is 0. The molecule has 1 nitrogen and oxygen atoms in total. The Morgan fingerprint density at radius 2 is 2.18 bits per heavy atom. The van der Waals surface area contributed by atoms with Crippen molar-refractivity contribution in [2.24, 2.45) is 5.92 Å². The minimum Gasteiger partial charge on any atom is -0.374 e. The first kappa shape index (κ1) is 8.42. The van der Waals surface area contributed by atoms with Crippen molar-refractivity contribution < 1.29 is 0 Å². The maximum atomic E-state index is 3.55. The number of hydrogen-bond acceptors (Lipinski definition) is 1. The first-order valence-electron chi connectivity index (χ1n) is 4.39. The summed E-state index contributed by atoms with van der Waals surface area (Å²) in [7, 11) is 2.09. The Morgan fingerprint density at radius 3 is 2.73 bits per heavy atom. The van der Waals surface area contributed by atoms with Crippen molar-refractivity contribution in [2.45, 2.75) is 25.7 Å². The van der Waals surface area contributed by atoms with Gasteiger partial charge in [0.15, 0.2) is 0 Å². The molecule has 0 aromatic heterocycles. The molecule has 0 N–H and O–H groups in total. The third-order valence-corrected chi connectivity index (χ3v) is 2.33. The number of hydrogen-bond donors (Lipinski definition) is 0. The van der Waals surface area contributed by atoms with Crippen LogP contribution in [0.15, 0.2) is 18.5 Å². The Morgan fingerprint density at radius 1 is 1.55 bits per heavy atom. The monoisotopic (exact) mass is 151 g/mol. The van der Waals surface area contributed by atoms with Crippen LogP contribution in [0.1, 0.15) is 25.7 Å². The van der Waals surface area contributed by atoms with Gasteiger partial charge in [-0.2, -0.15) is 0 Å². The summed E-state index contributed by atoms with van der Waals surface area (Å²) in [5.74, 6) is 0.921. The molecule has 1 aliphatic carbocycles. The van der Waals surface area contributed by atoms with Crippen molar-refractivity contribution in [1.82, 2.24) is 4.90 Å². The van der Waals surface area contributed by atoms with E-state index in [9.17, 15) is 0 Å². The molecule has 0 unspecified atom stereocenters. The van der Waals surface area contributed by atoms with Gasteiger partial charge in [-0.15, -0.1) is 5.73 Å². The van der Waals surface area contributed by atoms with Crippen LogP contribution in [-0.2, 0) is 0 Å². The summed E-state index contributed by atoms with van der Waals surface area (Å²) < 4.78 is 0. The molecular weight excluding hydrogens is 134 g/mol. The van der Waals surface area contributed by atoms with Crippen molar-refractivity contribution in [2.75, 3.05) is 13.6 Å². The average molecular weight is 151 g/mol. The van der Waals surface area contributed by atoms with Crippen molar-refractivity contribution >= 4 is 0 Å². The van der Waals surface area contributed by atoms with Crippen LogP contribution in [0.25, 0.3) is 0 Å².